The molecule has 0 aliphatic rings. The van der Waals surface area contributed by atoms with E-state index in [0.29, 0.717) is 0 Å². The highest BCUT2D eigenvalue weighted by atomic mass is 16.3. The Bertz CT molecular complexity index is 139. The molecule has 0 amide bonds. The summed E-state index contributed by atoms with van der Waals surface area (Å²) in [6.45, 7) is 1.93. The highest BCUT2D eigenvalue weighted by Gasteiger charge is 2.16. The number of aliphatic hydroxyl groups excluding tert-OH is 3. The fourth-order valence-corrected chi connectivity index (χ4v) is 1.92. The molecule has 3 nitrogen and oxygen atoms in total. The molecule has 3 N–H and O–H groups in total. The molecule has 0 bridgehead atoms. The average Bonchev–Trinajstić information content (AvgIpc) is 2.32. The normalized spacial score (nSPS) is 15.0. The lowest BCUT2D eigenvalue weighted by atomic mass is 9.96. The van der Waals surface area contributed by atoms with Crippen LogP contribution in [0.15, 0.2) is 0 Å². The van der Waals surface area contributed by atoms with Crippen LogP contribution in [0.1, 0.15) is 58.3 Å². The fraction of sp³-hybridized carbons (Fsp3) is 1.00. The molecule has 0 saturated carbocycles. The second kappa shape index (κ2) is 11.4. The Balaban J connectivity index is 3.34. The lowest BCUT2D eigenvalue weighted by Crippen LogP contribution is -2.27. The average molecular weight is 232 g/mol. The molecule has 0 rings (SSSR count). The summed E-state index contributed by atoms with van der Waals surface area (Å²) in [4.78, 5) is 0. The second-order valence-corrected chi connectivity index (χ2v) is 4.60. The van der Waals surface area contributed by atoms with Crippen molar-refractivity contribution in [2.45, 2.75) is 64.4 Å². The first-order chi connectivity index (χ1) is 7.76. The van der Waals surface area contributed by atoms with Crippen LogP contribution in [0.4, 0.5) is 0 Å². The van der Waals surface area contributed by atoms with Crippen molar-refractivity contribution in [1.82, 2.24) is 0 Å². The third-order valence-corrected chi connectivity index (χ3v) is 3.14. The van der Waals surface area contributed by atoms with Gasteiger partial charge in [0.2, 0.25) is 0 Å². The van der Waals surface area contributed by atoms with E-state index in [0.717, 1.165) is 12.8 Å². The summed E-state index contributed by atoms with van der Waals surface area (Å²) in [7, 11) is 0. The molecule has 0 spiro atoms. The SMILES string of the molecule is CCCCCCCCCC(CO)C(O)CO. The first-order valence-corrected chi connectivity index (χ1v) is 6.66. The summed E-state index contributed by atoms with van der Waals surface area (Å²) in [6.07, 6.45) is 8.70. The van der Waals surface area contributed by atoms with Crippen LogP contribution in [0.2, 0.25) is 0 Å². The van der Waals surface area contributed by atoms with Gasteiger partial charge in [0.1, 0.15) is 0 Å². The molecular formula is C13H28O3. The van der Waals surface area contributed by atoms with Gasteiger partial charge < -0.3 is 15.3 Å². The number of unbranched alkanes of at least 4 members (excludes halogenated alkanes) is 6. The van der Waals surface area contributed by atoms with Crippen molar-refractivity contribution in [2.75, 3.05) is 13.2 Å². The zero-order valence-corrected chi connectivity index (χ0v) is 10.6. The molecule has 16 heavy (non-hydrogen) atoms. The molecule has 0 aromatic carbocycles. The number of rotatable bonds is 11. The van der Waals surface area contributed by atoms with E-state index in [1.165, 1.54) is 38.5 Å². The smallest absolute Gasteiger partial charge is 0.0820 e. The fourth-order valence-electron chi connectivity index (χ4n) is 1.92. The van der Waals surface area contributed by atoms with E-state index in [1.54, 1.807) is 0 Å². The lowest BCUT2D eigenvalue weighted by Gasteiger charge is -2.18. The molecule has 0 aliphatic heterocycles. The Kier molecular flexibility index (Phi) is 11.3. The van der Waals surface area contributed by atoms with E-state index < -0.39 is 6.10 Å². The van der Waals surface area contributed by atoms with Gasteiger partial charge in [0, 0.05) is 12.5 Å². The van der Waals surface area contributed by atoms with Crippen molar-refractivity contribution in [1.29, 1.82) is 0 Å². The summed E-state index contributed by atoms with van der Waals surface area (Å²) in [5.74, 6) is -0.152. The van der Waals surface area contributed by atoms with Gasteiger partial charge in [0.15, 0.2) is 0 Å². The van der Waals surface area contributed by atoms with E-state index >= 15 is 0 Å². The maximum Gasteiger partial charge on any atom is 0.0820 e. The Morgan fingerprint density at radius 1 is 0.812 bits per heavy atom. The molecule has 0 saturated heterocycles. The Labute approximate surface area is 99.5 Å². The minimum atomic E-state index is -0.759. The van der Waals surface area contributed by atoms with Gasteiger partial charge in [-0.15, -0.1) is 0 Å². The van der Waals surface area contributed by atoms with Gasteiger partial charge in [-0.25, -0.2) is 0 Å². The quantitative estimate of drug-likeness (QED) is 0.478. The van der Waals surface area contributed by atoms with Crippen LogP contribution < -0.4 is 0 Å². The van der Waals surface area contributed by atoms with Gasteiger partial charge in [-0.3, -0.25) is 0 Å². The van der Waals surface area contributed by atoms with Crippen molar-refractivity contribution in [3.63, 3.8) is 0 Å². The number of hydrogen-bond donors (Lipinski definition) is 3. The first kappa shape index (κ1) is 15.9. The van der Waals surface area contributed by atoms with Gasteiger partial charge >= 0.3 is 0 Å². The van der Waals surface area contributed by atoms with E-state index in [4.69, 9.17) is 10.2 Å². The molecule has 2 unspecified atom stereocenters. The number of hydrogen-bond acceptors (Lipinski definition) is 3. The van der Waals surface area contributed by atoms with Gasteiger partial charge in [-0.1, -0.05) is 51.9 Å². The predicted molar refractivity (Wildman–Crippen MR) is 66.3 cm³/mol. The van der Waals surface area contributed by atoms with Crippen LogP contribution >= 0.6 is 0 Å². The van der Waals surface area contributed by atoms with E-state index in [9.17, 15) is 5.11 Å². The van der Waals surface area contributed by atoms with E-state index in [1.807, 2.05) is 0 Å². The van der Waals surface area contributed by atoms with Gasteiger partial charge in [0.25, 0.3) is 0 Å². The molecule has 98 valence electrons. The molecule has 0 fully saturated rings. The molecule has 0 aliphatic carbocycles. The Morgan fingerprint density at radius 2 is 1.38 bits per heavy atom. The van der Waals surface area contributed by atoms with Crippen molar-refractivity contribution in [3.05, 3.63) is 0 Å². The zero-order chi connectivity index (χ0) is 12.2. The van der Waals surface area contributed by atoms with Gasteiger partial charge in [0.05, 0.1) is 12.7 Å². The molecule has 0 heterocycles. The van der Waals surface area contributed by atoms with Crippen LogP contribution in [-0.2, 0) is 0 Å². The van der Waals surface area contributed by atoms with Gasteiger partial charge in [-0.05, 0) is 6.42 Å². The van der Waals surface area contributed by atoms with Crippen LogP contribution in [0, 0.1) is 5.92 Å². The topological polar surface area (TPSA) is 60.7 Å². The van der Waals surface area contributed by atoms with Gasteiger partial charge in [-0.2, -0.15) is 0 Å². The predicted octanol–water partition coefficient (Wildman–Crippen LogP) is 2.09. The van der Waals surface area contributed by atoms with Crippen LogP contribution in [0.5, 0.6) is 0 Å². The van der Waals surface area contributed by atoms with Crippen LogP contribution in [-0.4, -0.2) is 34.6 Å². The largest absolute Gasteiger partial charge is 0.396 e. The summed E-state index contributed by atoms with van der Waals surface area (Å²) < 4.78 is 0. The second-order valence-electron chi connectivity index (χ2n) is 4.60. The maximum atomic E-state index is 9.38. The Hall–Kier alpha value is -0.120. The first-order valence-electron chi connectivity index (χ1n) is 6.66. The maximum absolute atomic E-state index is 9.38. The van der Waals surface area contributed by atoms with Crippen molar-refractivity contribution >= 4 is 0 Å². The van der Waals surface area contributed by atoms with E-state index in [2.05, 4.69) is 6.92 Å². The highest BCUT2D eigenvalue weighted by Crippen LogP contribution is 2.15. The summed E-state index contributed by atoms with van der Waals surface area (Å²) in [5.41, 5.74) is 0. The molecular weight excluding hydrogens is 204 g/mol. The van der Waals surface area contributed by atoms with Crippen LogP contribution in [0.25, 0.3) is 0 Å². The minimum absolute atomic E-state index is 0.0302. The highest BCUT2D eigenvalue weighted by molar-refractivity contribution is 4.67. The molecule has 0 aromatic heterocycles. The Morgan fingerprint density at radius 3 is 1.88 bits per heavy atom. The van der Waals surface area contributed by atoms with Crippen molar-refractivity contribution in [3.8, 4) is 0 Å². The molecule has 0 radical (unpaired) electrons. The minimum Gasteiger partial charge on any atom is -0.396 e. The van der Waals surface area contributed by atoms with Crippen molar-refractivity contribution in [2.24, 2.45) is 5.92 Å². The molecule has 3 heteroatoms. The zero-order valence-electron chi connectivity index (χ0n) is 10.6. The van der Waals surface area contributed by atoms with Crippen molar-refractivity contribution < 1.29 is 15.3 Å². The van der Waals surface area contributed by atoms with E-state index in [-0.39, 0.29) is 19.1 Å². The lowest BCUT2D eigenvalue weighted by molar-refractivity contribution is 0.0182. The third-order valence-electron chi connectivity index (χ3n) is 3.14. The summed E-state index contributed by atoms with van der Waals surface area (Å²) >= 11 is 0. The molecule has 0 aromatic rings. The third kappa shape index (κ3) is 8.08. The molecule has 2 atom stereocenters. The standard InChI is InChI=1S/C13H28O3/c1-2-3-4-5-6-7-8-9-12(10-14)13(16)11-15/h12-16H,2-11H2,1H3. The summed E-state index contributed by atoms with van der Waals surface area (Å²) in [6, 6.07) is 0. The number of aliphatic hydroxyl groups is 3. The monoisotopic (exact) mass is 232 g/mol. The summed E-state index contributed by atoms with van der Waals surface area (Å²) in [5, 5.41) is 27.2. The van der Waals surface area contributed by atoms with Crippen LogP contribution in [0.3, 0.4) is 0 Å².